The Balaban J connectivity index is 1.58. The van der Waals surface area contributed by atoms with Crippen molar-refractivity contribution in [2.24, 2.45) is 0 Å². The first-order chi connectivity index (χ1) is 19.3. The van der Waals surface area contributed by atoms with E-state index >= 15 is 0 Å². The third kappa shape index (κ3) is 9.56. The van der Waals surface area contributed by atoms with Crippen LogP contribution in [0.2, 0.25) is 0 Å². The molecule has 0 aliphatic heterocycles. The van der Waals surface area contributed by atoms with Gasteiger partial charge in [0, 0.05) is 24.6 Å². The molecule has 0 aliphatic carbocycles. The normalized spacial score (nSPS) is 10.8. The van der Waals surface area contributed by atoms with Gasteiger partial charge in [-0.3, -0.25) is 14.4 Å². The largest absolute Gasteiger partial charge is 0.494 e. The molecule has 0 heterocycles. The number of carbonyl (C=O) groups is 3. The summed E-state index contributed by atoms with van der Waals surface area (Å²) in [4.78, 5) is 37.8. The van der Waals surface area contributed by atoms with Crippen LogP contribution in [0.25, 0.3) is 11.1 Å². The molecule has 3 aromatic carbocycles. The van der Waals surface area contributed by atoms with Crippen LogP contribution in [-0.4, -0.2) is 47.1 Å². The molecule has 0 bridgehead atoms. The topological polar surface area (TPSA) is 93.1 Å². The number of aliphatic carboxylic acids is 1. The average molecular weight is 546 g/mol. The molecule has 0 saturated carbocycles. The third-order valence-corrected chi connectivity index (χ3v) is 6.48. The van der Waals surface area contributed by atoms with Gasteiger partial charge in [0.25, 0.3) is 5.91 Å². The van der Waals surface area contributed by atoms with E-state index in [9.17, 15) is 14.4 Å². The fraction of sp³-hybridized carbons (Fsp3) is 0.364. The summed E-state index contributed by atoms with van der Waals surface area (Å²) < 4.78 is 10.9. The Morgan fingerprint density at radius 1 is 0.850 bits per heavy atom. The Bertz CT molecular complexity index is 1270. The molecule has 0 fully saturated rings. The molecule has 0 unspecified atom stereocenters. The van der Waals surface area contributed by atoms with Crippen LogP contribution >= 0.6 is 0 Å². The predicted octanol–water partition coefficient (Wildman–Crippen LogP) is 6.53. The number of carbonyl (C=O) groups excluding carboxylic acids is 2. The molecule has 0 radical (unpaired) electrons. The highest BCUT2D eigenvalue weighted by atomic mass is 16.5. The smallest absolute Gasteiger partial charge is 0.307 e. The minimum Gasteiger partial charge on any atom is -0.494 e. The van der Waals surface area contributed by atoms with Gasteiger partial charge in [-0.2, -0.15) is 0 Å². The number of hydrogen-bond donors (Lipinski definition) is 1. The van der Waals surface area contributed by atoms with Crippen molar-refractivity contribution in [1.82, 2.24) is 4.90 Å². The molecule has 0 spiro atoms. The number of hydrogen-bond acceptors (Lipinski definition) is 5. The van der Waals surface area contributed by atoms with Crippen molar-refractivity contribution < 1.29 is 29.0 Å². The number of ether oxygens (including phenoxy) is 2. The van der Waals surface area contributed by atoms with Crippen LogP contribution in [0.3, 0.4) is 0 Å². The lowest BCUT2D eigenvalue weighted by molar-refractivity contribution is -0.143. The molecule has 1 amide bonds. The Morgan fingerprint density at radius 3 is 2.27 bits per heavy atom. The summed E-state index contributed by atoms with van der Waals surface area (Å²) in [6.45, 7) is 7.23. The molecule has 0 atom stereocenters. The molecule has 0 saturated heterocycles. The quantitative estimate of drug-likeness (QED) is 0.172. The first-order valence-corrected chi connectivity index (χ1v) is 13.9. The SMILES string of the molecule is CCOC(=O)CCCCCOc1cccc(CN(C(=O)c2ccc(-c3cccc(CC(=O)O)c3)cc2)C(C)C)c1. The Hall–Kier alpha value is -4.13. The maximum absolute atomic E-state index is 13.5. The maximum Gasteiger partial charge on any atom is 0.307 e. The number of carboxylic acids is 1. The summed E-state index contributed by atoms with van der Waals surface area (Å²) >= 11 is 0. The molecule has 0 aliphatic rings. The van der Waals surface area contributed by atoms with Gasteiger partial charge < -0.3 is 19.5 Å². The van der Waals surface area contributed by atoms with Gasteiger partial charge in [-0.05, 0) is 86.6 Å². The van der Waals surface area contributed by atoms with Crippen LogP contribution in [0.5, 0.6) is 5.75 Å². The second-order valence-corrected chi connectivity index (χ2v) is 9.99. The van der Waals surface area contributed by atoms with Crippen LogP contribution in [0.1, 0.15) is 67.9 Å². The van der Waals surface area contributed by atoms with Gasteiger partial charge in [0.05, 0.1) is 19.6 Å². The number of rotatable bonds is 15. The van der Waals surface area contributed by atoms with Crippen molar-refractivity contribution in [3.05, 3.63) is 89.5 Å². The molecule has 7 heteroatoms. The Morgan fingerprint density at radius 2 is 1.57 bits per heavy atom. The lowest BCUT2D eigenvalue weighted by atomic mass is 10.00. The monoisotopic (exact) mass is 545 g/mol. The van der Waals surface area contributed by atoms with Gasteiger partial charge in [-0.25, -0.2) is 0 Å². The highest BCUT2D eigenvalue weighted by Crippen LogP contribution is 2.23. The van der Waals surface area contributed by atoms with E-state index in [0.29, 0.717) is 31.7 Å². The van der Waals surface area contributed by atoms with E-state index in [1.54, 1.807) is 6.07 Å². The summed E-state index contributed by atoms with van der Waals surface area (Å²) in [6.07, 6.45) is 2.93. The summed E-state index contributed by atoms with van der Waals surface area (Å²) in [6, 6.07) is 22.7. The molecule has 0 aromatic heterocycles. The van der Waals surface area contributed by atoms with Crippen LogP contribution in [0.15, 0.2) is 72.8 Å². The molecule has 1 N–H and O–H groups in total. The van der Waals surface area contributed by atoms with Crippen molar-refractivity contribution >= 4 is 17.8 Å². The lowest BCUT2D eigenvalue weighted by Gasteiger charge is -2.27. The molecule has 7 nitrogen and oxygen atoms in total. The zero-order valence-corrected chi connectivity index (χ0v) is 23.6. The third-order valence-electron chi connectivity index (χ3n) is 6.48. The van der Waals surface area contributed by atoms with E-state index in [-0.39, 0.29) is 24.3 Å². The van der Waals surface area contributed by atoms with E-state index in [4.69, 9.17) is 14.6 Å². The van der Waals surface area contributed by atoms with Gasteiger partial charge in [-0.15, -0.1) is 0 Å². The number of carboxylic acid groups (broad SMARTS) is 1. The molecular weight excluding hydrogens is 506 g/mol. The van der Waals surface area contributed by atoms with E-state index in [0.717, 1.165) is 47.3 Å². The average Bonchev–Trinajstić information content (AvgIpc) is 2.93. The molecule has 3 rings (SSSR count). The van der Waals surface area contributed by atoms with Crippen molar-refractivity contribution in [3.8, 4) is 16.9 Å². The number of esters is 1. The summed E-state index contributed by atoms with van der Waals surface area (Å²) in [5.74, 6) is -0.325. The minimum absolute atomic E-state index is 0.0103. The summed E-state index contributed by atoms with van der Waals surface area (Å²) in [5, 5.41) is 9.08. The lowest BCUT2D eigenvalue weighted by Crippen LogP contribution is -2.36. The van der Waals surface area contributed by atoms with Crippen molar-refractivity contribution in [2.75, 3.05) is 13.2 Å². The van der Waals surface area contributed by atoms with Gasteiger partial charge >= 0.3 is 11.9 Å². The Labute approximate surface area is 236 Å². The van der Waals surface area contributed by atoms with Crippen LogP contribution in [-0.2, 0) is 27.3 Å². The standard InChI is InChI=1S/C33H39NO6/c1-4-39-32(37)14-6-5-7-19-40-30-13-9-11-26(21-30)23-34(24(2)3)33(38)28-17-15-27(16-18-28)29-12-8-10-25(20-29)22-31(35)36/h8-13,15-18,20-21,24H,4-7,14,19,22-23H2,1-3H3,(H,35,36). The summed E-state index contributed by atoms with van der Waals surface area (Å²) in [7, 11) is 0. The highest BCUT2D eigenvalue weighted by Gasteiger charge is 2.19. The van der Waals surface area contributed by atoms with Crippen molar-refractivity contribution in [2.45, 2.75) is 65.5 Å². The van der Waals surface area contributed by atoms with Gasteiger partial charge in [0.15, 0.2) is 0 Å². The van der Waals surface area contributed by atoms with Crippen molar-refractivity contribution in [1.29, 1.82) is 0 Å². The second-order valence-electron chi connectivity index (χ2n) is 9.99. The van der Waals surface area contributed by atoms with Crippen LogP contribution in [0.4, 0.5) is 0 Å². The maximum atomic E-state index is 13.5. The number of unbranched alkanes of at least 4 members (excludes halogenated alkanes) is 2. The molecule has 212 valence electrons. The predicted molar refractivity (Wildman–Crippen MR) is 155 cm³/mol. The second kappa shape index (κ2) is 15.5. The first-order valence-electron chi connectivity index (χ1n) is 13.9. The fourth-order valence-corrected chi connectivity index (χ4v) is 4.40. The van der Waals surface area contributed by atoms with Crippen LogP contribution in [0, 0.1) is 0 Å². The highest BCUT2D eigenvalue weighted by molar-refractivity contribution is 5.95. The number of benzene rings is 3. The number of nitrogens with zero attached hydrogens (tertiary/aromatic N) is 1. The minimum atomic E-state index is -0.869. The summed E-state index contributed by atoms with van der Waals surface area (Å²) in [5.41, 5.74) is 4.14. The van der Waals surface area contributed by atoms with Crippen molar-refractivity contribution in [3.63, 3.8) is 0 Å². The van der Waals surface area contributed by atoms with Gasteiger partial charge in [0.2, 0.25) is 0 Å². The zero-order valence-electron chi connectivity index (χ0n) is 23.6. The zero-order chi connectivity index (χ0) is 28.9. The van der Waals surface area contributed by atoms with Gasteiger partial charge in [-0.1, -0.05) is 48.5 Å². The first kappa shape index (κ1) is 30.4. The molecule has 3 aromatic rings. The Kier molecular flexibility index (Phi) is 11.8. The number of amides is 1. The fourth-order valence-electron chi connectivity index (χ4n) is 4.40. The van der Waals surface area contributed by atoms with E-state index in [2.05, 4.69) is 0 Å². The van der Waals surface area contributed by atoms with Gasteiger partial charge in [0.1, 0.15) is 5.75 Å². The van der Waals surface area contributed by atoms with E-state index < -0.39 is 5.97 Å². The molecule has 40 heavy (non-hydrogen) atoms. The van der Waals surface area contributed by atoms with E-state index in [1.165, 1.54) is 0 Å². The van der Waals surface area contributed by atoms with E-state index in [1.807, 2.05) is 92.4 Å². The van der Waals surface area contributed by atoms with Crippen LogP contribution < -0.4 is 4.74 Å². The molecular formula is C33H39NO6.